The van der Waals surface area contributed by atoms with Crippen LogP contribution < -0.4 is 10.6 Å². The number of hydrogen-bond acceptors (Lipinski definition) is 4. The van der Waals surface area contributed by atoms with E-state index in [1.54, 1.807) is 12.1 Å². The van der Waals surface area contributed by atoms with Crippen LogP contribution in [0.5, 0.6) is 0 Å². The van der Waals surface area contributed by atoms with Crippen LogP contribution in [0.1, 0.15) is 90.0 Å². The monoisotopic (exact) mass is 616 g/mol. The second-order valence-electron chi connectivity index (χ2n) is 11.8. The van der Waals surface area contributed by atoms with E-state index in [1.807, 2.05) is 54.6 Å². The van der Waals surface area contributed by atoms with Gasteiger partial charge in [0, 0.05) is 37.3 Å². The third kappa shape index (κ3) is 8.02. The lowest BCUT2D eigenvalue weighted by molar-refractivity contribution is 0.0697. The predicted octanol–water partition coefficient (Wildman–Crippen LogP) is 8.71. The van der Waals surface area contributed by atoms with E-state index in [0.29, 0.717) is 36.3 Å². The standard InChI is InChI=1S/C39H44N4O3/c1-3-5-7-12-24-40-38(44)33-15-9-8-13-30(33)26-41-31-22-23-35-36(25-31)43(37(42-35)17-6-4-2)27-28-18-20-29(21-19-28)32-14-10-11-16-34(32)39(45)46/h8-11,13-16,18-23,25,41H,3-7,12,17,24,26-27H2,1-2H3,(H,40,44)(H,45,46). The van der Waals surface area contributed by atoms with Gasteiger partial charge >= 0.3 is 5.97 Å². The number of rotatable bonds is 16. The van der Waals surface area contributed by atoms with Crippen LogP contribution >= 0.6 is 0 Å². The van der Waals surface area contributed by atoms with Crippen molar-refractivity contribution in [1.82, 2.24) is 14.9 Å². The summed E-state index contributed by atoms with van der Waals surface area (Å²) in [6.45, 7) is 6.25. The fourth-order valence-corrected chi connectivity index (χ4v) is 5.82. The molecule has 0 saturated carbocycles. The van der Waals surface area contributed by atoms with E-state index in [4.69, 9.17) is 4.98 Å². The Kier molecular flexibility index (Phi) is 11.2. The van der Waals surface area contributed by atoms with Gasteiger partial charge in [0.25, 0.3) is 5.91 Å². The molecule has 0 aliphatic carbocycles. The number of aromatic carboxylic acids is 1. The zero-order valence-electron chi connectivity index (χ0n) is 26.9. The topological polar surface area (TPSA) is 96.3 Å². The summed E-state index contributed by atoms with van der Waals surface area (Å²) in [5.74, 6) is 0.0924. The Morgan fingerprint density at radius 3 is 2.30 bits per heavy atom. The lowest BCUT2D eigenvalue weighted by atomic mass is 9.99. The molecule has 7 heteroatoms. The molecule has 0 aliphatic rings. The van der Waals surface area contributed by atoms with Gasteiger partial charge in [0.05, 0.1) is 16.6 Å². The van der Waals surface area contributed by atoms with E-state index in [0.717, 1.165) is 71.3 Å². The summed E-state index contributed by atoms with van der Waals surface area (Å²) < 4.78 is 2.29. The molecule has 0 aliphatic heterocycles. The Bertz CT molecular complexity index is 1770. The number of aromatic nitrogens is 2. The first-order valence-corrected chi connectivity index (χ1v) is 16.5. The molecule has 3 N–H and O–H groups in total. The van der Waals surface area contributed by atoms with Gasteiger partial charge in [0.1, 0.15) is 5.82 Å². The van der Waals surface area contributed by atoms with Gasteiger partial charge in [-0.1, -0.05) is 100 Å². The number of hydrogen-bond donors (Lipinski definition) is 3. The molecule has 46 heavy (non-hydrogen) atoms. The predicted molar refractivity (Wildman–Crippen MR) is 187 cm³/mol. The summed E-state index contributed by atoms with van der Waals surface area (Å²) in [4.78, 5) is 29.7. The van der Waals surface area contributed by atoms with Crippen molar-refractivity contribution in [2.75, 3.05) is 11.9 Å². The largest absolute Gasteiger partial charge is 0.478 e. The van der Waals surface area contributed by atoms with Crippen molar-refractivity contribution in [2.45, 2.75) is 71.9 Å². The lowest BCUT2D eigenvalue weighted by Gasteiger charge is -2.13. The number of nitrogens with one attached hydrogen (secondary N) is 2. The molecule has 1 aromatic heterocycles. The highest BCUT2D eigenvalue weighted by molar-refractivity contribution is 5.96. The molecule has 0 spiro atoms. The Hall–Kier alpha value is -4.91. The highest BCUT2D eigenvalue weighted by Gasteiger charge is 2.15. The first kappa shape index (κ1) is 32.5. The lowest BCUT2D eigenvalue weighted by Crippen LogP contribution is -2.25. The number of anilines is 1. The van der Waals surface area contributed by atoms with E-state index in [9.17, 15) is 14.7 Å². The number of fused-ring (bicyclic) bond motifs is 1. The van der Waals surface area contributed by atoms with Crippen molar-refractivity contribution in [1.29, 1.82) is 0 Å². The SMILES string of the molecule is CCCCCCNC(=O)c1ccccc1CNc1ccc2nc(CCCC)n(Cc3ccc(-c4ccccc4C(=O)O)cc3)c2c1. The molecule has 5 rings (SSSR count). The number of benzene rings is 4. The summed E-state index contributed by atoms with van der Waals surface area (Å²) >= 11 is 0. The highest BCUT2D eigenvalue weighted by Crippen LogP contribution is 2.27. The quantitative estimate of drug-likeness (QED) is 0.0964. The molecule has 5 aromatic rings. The molecule has 0 bridgehead atoms. The van der Waals surface area contributed by atoms with Crippen molar-refractivity contribution in [2.24, 2.45) is 0 Å². The Morgan fingerprint density at radius 1 is 0.804 bits per heavy atom. The average molecular weight is 617 g/mol. The Labute approximate surface area is 271 Å². The molecule has 4 aromatic carbocycles. The smallest absolute Gasteiger partial charge is 0.336 e. The van der Waals surface area contributed by atoms with Crippen molar-refractivity contribution in [3.8, 4) is 11.1 Å². The van der Waals surface area contributed by atoms with E-state index >= 15 is 0 Å². The molecular formula is C39H44N4O3. The van der Waals surface area contributed by atoms with Crippen molar-refractivity contribution < 1.29 is 14.7 Å². The van der Waals surface area contributed by atoms with Gasteiger partial charge in [0.15, 0.2) is 0 Å². The fraction of sp³-hybridized carbons (Fsp3) is 0.308. The molecule has 238 valence electrons. The second-order valence-corrected chi connectivity index (χ2v) is 11.8. The number of carbonyl (C=O) groups is 2. The van der Waals surface area contributed by atoms with Crippen molar-refractivity contribution in [3.05, 3.63) is 119 Å². The highest BCUT2D eigenvalue weighted by atomic mass is 16.4. The fourth-order valence-electron chi connectivity index (χ4n) is 5.82. The number of aryl methyl sites for hydroxylation is 1. The summed E-state index contributed by atoms with van der Waals surface area (Å²) in [6, 6.07) is 29.2. The Morgan fingerprint density at radius 2 is 1.54 bits per heavy atom. The number of amides is 1. The minimum Gasteiger partial charge on any atom is -0.478 e. The number of unbranched alkanes of at least 4 members (excludes halogenated alkanes) is 4. The van der Waals surface area contributed by atoms with Gasteiger partial charge < -0.3 is 20.3 Å². The summed E-state index contributed by atoms with van der Waals surface area (Å²) in [5, 5.41) is 16.3. The third-order valence-electron chi connectivity index (χ3n) is 8.41. The molecule has 0 saturated heterocycles. The summed E-state index contributed by atoms with van der Waals surface area (Å²) in [6.07, 6.45) is 7.52. The van der Waals surface area contributed by atoms with Gasteiger partial charge in [-0.25, -0.2) is 9.78 Å². The van der Waals surface area contributed by atoms with Gasteiger partial charge in [-0.3, -0.25) is 4.79 Å². The molecule has 0 atom stereocenters. The first-order chi connectivity index (χ1) is 22.5. The maximum Gasteiger partial charge on any atom is 0.336 e. The Balaban J connectivity index is 1.35. The minimum atomic E-state index is -0.931. The third-order valence-corrected chi connectivity index (χ3v) is 8.41. The van der Waals surface area contributed by atoms with E-state index < -0.39 is 5.97 Å². The molecule has 0 unspecified atom stereocenters. The second kappa shape index (κ2) is 15.9. The van der Waals surface area contributed by atoms with E-state index in [-0.39, 0.29) is 5.91 Å². The molecule has 0 radical (unpaired) electrons. The zero-order chi connectivity index (χ0) is 32.3. The van der Waals surface area contributed by atoms with Crippen LogP contribution in [0, 0.1) is 0 Å². The van der Waals surface area contributed by atoms with Gasteiger partial charge in [-0.05, 0) is 65.4 Å². The minimum absolute atomic E-state index is 0.0274. The molecule has 0 fully saturated rings. The van der Waals surface area contributed by atoms with Crippen LogP contribution in [0.25, 0.3) is 22.2 Å². The van der Waals surface area contributed by atoms with Gasteiger partial charge in [-0.15, -0.1) is 0 Å². The van der Waals surface area contributed by atoms with Crippen LogP contribution in [0.15, 0.2) is 91.0 Å². The number of carbonyl (C=O) groups excluding carboxylic acids is 1. The average Bonchev–Trinajstić information content (AvgIpc) is 3.42. The number of nitrogens with zero attached hydrogens (tertiary/aromatic N) is 2. The van der Waals surface area contributed by atoms with Crippen LogP contribution in [0.4, 0.5) is 5.69 Å². The molecule has 1 amide bonds. The number of carboxylic acids is 1. The van der Waals surface area contributed by atoms with Gasteiger partial charge in [0.2, 0.25) is 0 Å². The maximum atomic E-state index is 13.0. The van der Waals surface area contributed by atoms with Crippen LogP contribution in [-0.2, 0) is 19.5 Å². The molecule has 1 heterocycles. The van der Waals surface area contributed by atoms with Crippen molar-refractivity contribution in [3.63, 3.8) is 0 Å². The normalized spacial score (nSPS) is 11.1. The van der Waals surface area contributed by atoms with Crippen LogP contribution in [0.2, 0.25) is 0 Å². The van der Waals surface area contributed by atoms with Crippen LogP contribution in [0.3, 0.4) is 0 Å². The maximum absolute atomic E-state index is 13.0. The summed E-state index contributed by atoms with van der Waals surface area (Å²) in [5.41, 5.74) is 7.61. The van der Waals surface area contributed by atoms with E-state index in [2.05, 4.69) is 53.3 Å². The van der Waals surface area contributed by atoms with Crippen LogP contribution in [-0.4, -0.2) is 33.1 Å². The number of carboxylic acid groups (broad SMARTS) is 1. The molecule has 7 nitrogen and oxygen atoms in total. The molecular weight excluding hydrogens is 572 g/mol. The number of imidazole rings is 1. The zero-order valence-corrected chi connectivity index (χ0v) is 26.9. The van der Waals surface area contributed by atoms with Gasteiger partial charge in [-0.2, -0.15) is 0 Å². The first-order valence-electron chi connectivity index (χ1n) is 16.5. The van der Waals surface area contributed by atoms with E-state index in [1.165, 1.54) is 12.8 Å². The summed E-state index contributed by atoms with van der Waals surface area (Å²) in [7, 11) is 0. The van der Waals surface area contributed by atoms with Crippen molar-refractivity contribution >= 4 is 28.6 Å².